The van der Waals surface area contributed by atoms with Crippen LogP contribution in [0.25, 0.3) is 0 Å². The van der Waals surface area contributed by atoms with E-state index in [2.05, 4.69) is 4.74 Å². The third-order valence-electron chi connectivity index (χ3n) is 2.86. The van der Waals surface area contributed by atoms with Crippen molar-refractivity contribution in [2.75, 3.05) is 13.7 Å². The molecule has 1 N–H and O–H groups in total. The van der Waals surface area contributed by atoms with Gasteiger partial charge < -0.3 is 14.6 Å². The maximum absolute atomic E-state index is 11.3. The van der Waals surface area contributed by atoms with Crippen molar-refractivity contribution in [3.8, 4) is 11.5 Å². The summed E-state index contributed by atoms with van der Waals surface area (Å²) in [5, 5.41) is 9.03. The van der Waals surface area contributed by atoms with Gasteiger partial charge in [-0.25, -0.2) is 4.79 Å². The number of ether oxygens (including phenoxy) is 2. The molecule has 0 spiro atoms. The number of hydrogen-bond acceptors (Lipinski definition) is 4. The van der Waals surface area contributed by atoms with Crippen LogP contribution in [-0.4, -0.2) is 24.8 Å². The molecule has 0 unspecified atom stereocenters. The third-order valence-corrected chi connectivity index (χ3v) is 2.86. The average Bonchev–Trinajstić information content (AvgIpc) is 2.49. The molecule has 0 aliphatic heterocycles. The van der Waals surface area contributed by atoms with Crippen LogP contribution in [0.5, 0.6) is 11.5 Å². The molecule has 2 aromatic rings. The predicted molar refractivity (Wildman–Crippen MR) is 75.1 cm³/mol. The van der Waals surface area contributed by atoms with E-state index < -0.39 is 0 Å². The lowest BCUT2D eigenvalue weighted by atomic mass is 10.1. The number of hydrogen-bond donors (Lipinski definition) is 1. The smallest absolute Gasteiger partial charge is 0.337 e. The van der Waals surface area contributed by atoms with Crippen molar-refractivity contribution in [3.63, 3.8) is 0 Å². The first-order valence-corrected chi connectivity index (χ1v) is 6.29. The Morgan fingerprint density at radius 1 is 1.10 bits per heavy atom. The molecule has 0 aromatic heterocycles. The quantitative estimate of drug-likeness (QED) is 0.850. The number of esters is 1. The fourth-order valence-electron chi connectivity index (χ4n) is 1.83. The number of carbonyl (C=O) groups is 1. The SMILES string of the molecule is COC(=O)c1ccc(Oc2ccccc2CCO)cc1. The number of aliphatic hydroxyl groups is 1. The molecule has 0 aliphatic carbocycles. The van der Waals surface area contributed by atoms with Crippen LogP contribution in [0, 0.1) is 0 Å². The number of methoxy groups -OCH3 is 1. The van der Waals surface area contributed by atoms with Crippen LogP contribution in [0.1, 0.15) is 15.9 Å². The Labute approximate surface area is 117 Å². The summed E-state index contributed by atoms with van der Waals surface area (Å²) < 4.78 is 10.4. The second-order valence-electron chi connectivity index (χ2n) is 4.20. The van der Waals surface area contributed by atoms with Gasteiger partial charge in [0.05, 0.1) is 12.7 Å². The molecule has 4 heteroatoms. The van der Waals surface area contributed by atoms with Crippen LogP contribution in [0.2, 0.25) is 0 Å². The Morgan fingerprint density at radius 3 is 2.45 bits per heavy atom. The molecule has 0 saturated carbocycles. The van der Waals surface area contributed by atoms with Crippen LogP contribution in [0.3, 0.4) is 0 Å². The second-order valence-corrected chi connectivity index (χ2v) is 4.20. The highest BCUT2D eigenvalue weighted by Gasteiger charge is 2.07. The van der Waals surface area contributed by atoms with Gasteiger partial charge in [-0.1, -0.05) is 18.2 Å². The van der Waals surface area contributed by atoms with Gasteiger partial charge in [-0.05, 0) is 42.3 Å². The summed E-state index contributed by atoms with van der Waals surface area (Å²) in [5.41, 5.74) is 1.41. The van der Waals surface area contributed by atoms with Gasteiger partial charge >= 0.3 is 5.97 Å². The van der Waals surface area contributed by atoms with E-state index in [1.165, 1.54) is 7.11 Å². The Hall–Kier alpha value is -2.33. The van der Waals surface area contributed by atoms with Crippen molar-refractivity contribution < 1.29 is 19.4 Å². The monoisotopic (exact) mass is 272 g/mol. The van der Waals surface area contributed by atoms with Gasteiger partial charge in [-0.3, -0.25) is 0 Å². The van der Waals surface area contributed by atoms with Gasteiger partial charge in [0, 0.05) is 6.61 Å². The van der Waals surface area contributed by atoms with Crippen molar-refractivity contribution >= 4 is 5.97 Å². The van der Waals surface area contributed by atoms with Crippen LogP contribution >= 0.6 is 0 Å². The predicted octanol–water partition coefficient (Wildman–Crippen LogP) is 2.80. The molecule has 2 rings (SSSR count). The Bertz CT molecular complexity index is 575. The van der Waals surface area contributed by atoms with Gasteiger partial charge in [-0.15, -0.1) is 0 Å². The van der Waals surface area contributed by atoms with E-state index in [1.807, 2.05) is 24.3 Å². The largest absolute Gasteiger partial charge is 0.465 e. The summed E-state index contributed by atoms with van der Waals surface area (Å²) in [7, 11) is 1.35. The lowest BCUT2D eigenvalue weighted by molar-refractivity contribution is 0.0600. The average molecular weight is 272 g/mol. The molecule has 0 aliphatic rings. The first-order valence-electron chi connectivity index (χ1n) is 6.29. The van der Waals surface area contributed by atoms with E-state index in [4.69, 9.17) is 9.84 Å². The van der Waals surface area contributed by atoms with Crippen molar-refractivity contribution in [1.29, 1.82) is 0 Å². The number of aliphatic hydroxyl groups excluding tert-OH is 1. The molecular weight excluding hydrogens is 256 g/mol. The topological polar surface area (TPSA) is 55.8 Å². The molecule has 2 aromatic carbocycles. The van der Waals surface area contributed by atoms with E-state index >= 15 is 0 Å². The zero-order valence-electron chi connectivity index (χ0n) is 11.2. The van der Waals surface area contributed by atoms with E-state index in [-0.39, 0.29) is 12.6 Å². The van der Waals surface area contributed by atoms with Crippen molar-refractivity contribution in [2.24, 2.45) is 0 Å². The lowest BCUT2D eigenvalue weighted by Gasteiger charge is -2.10. The second kappa shape index (κ2) is 6.73. The number of para-hydroxylation sites is 1. The van der Waals surface area contributed by atoms with Crippen LogP contribution in [0.15, 0.2) is 48.5 Å². The molecule has 0 saturated heterocycles. The summed E-state index contributed by atoms with van der Waals surface area (Å²) in [6.45, 7) is 0.0711. The fraction of sp³-hybridized carbons (Fsp3) is 0.188. The minimum Gasteiger partial charge on any atom is -0.465 e. The molecule has 104 valence electrons. The molecule has 0 bridgehead atoms. The molecule has 20 heavy (non-hydrogen) atoms. The summed E-state index contributed by atoms with van der Waals surface area (Å²) >= 11 is 0. The molecule has 0 atom stereocenters. The summed E-state index contributed by atoms with van der Waals surface area (Å²) in [4.78, 5) is 11.3. The first-order chi connectivity index (χ1) is 9.74. The zero-order valence-corrected chi connectivity index (χ0v) is 11.2. The van der Waals surface area contributed by atoms with Gasteiger partial charge in [0.15, 0.2) is 0 Å². The highest BCUT2D eigenvalue weighted by atomic mass is 16.5. The molecule has 0 heterocycles. The maximum Gasteiger partial charge on any atom is 0.337 e. The number of benzene rings is 2. The zero-order chi connectivity index (χ0) is 14.4. The first kappa shape index (κ1) is 14.1. The number of rotatable bonds is 5. The van der Waals surface area contributed by atoms with E-state index in [9.17, 15) is 4.79 Å². The third kappa shape index (κ3) is 3.36. The lowest BCUT2D eigenvalue weighted by Crippen LogP contribution is -2.00. The Morgan fingerprint density at radius 2 is 1.80 bits per heavy atom. The molecule has 0 fully saturated rings. The maximum atomic E-state index is 11.3. The highest BCUT2D eigenvalue weighted by Crippen LogP contribution is 2.25. The highest BCUT2D eigenvalue weighted by molar-refractivity contribution is 5.89. The Balaban J connectivity index is 2.16. The van der Waals surface area contributed by atoms with Crippen LogP contribution in [0.4, 0.5) is 0 Å². The Kier molecular flexibility index (Phi) is 4.74. The normalized spacial score (nSPS) is 10.1. The molecular formula is C16H16O4. The molecule has 4 nitrogen and oxygen atoms in total. The summed E-state index contributed by atoms with van der Waals surface area (Å²) in [6, 6.07) is 14.3. The minimum absolute atomic E-state index is 0.0711. The van der Waals surface area contributed by atoms with E-state index in [1.54, 1.807) is 24.3 Å². The van der Waals surface area contributed by atoms with Gasteiger partial charge in [0.25, 0.3) is 0 Å². The van der Waals surface area contributed by atoms with Crippen molar-refractivity contribution in [2.45, 2.75) is 6.42 Å². The van der Waals surface area contributed by atoms with Crippen molar-refractivity contribution in [1.82, 2.24) is 0 Å². The fourth-order valence-corrected chi connectivity index (χ4v) is 1.83. The van der Waals surface area contributed by atoms with Crippen LogP contribution in [-0.2, 0) is 11.2 Å². The number of carbonyl (C=O) groups excluding carboxylic acids is 1. The molecule has 0 radical (unpaired) electrons. The summed E-state index contributed by atoms with van der Waals surface area (Å²) in [5.74, 6) is 0.952. The van der Waals surface area contributed by atoms with Gasteiger partial charge in [0.1, 0.15) is 11.5 Å². The van der Waals surface area contributed by atoms with Gasteiger partial charge in [0.2, 0.25) is 0 Å². The van der Waals surface area contributed by atoms with Crippen molar-refractivity contribution in [3.05, 3.63) is 59.7 Å². The van der Waals surface area contributed by atoms with Crippen LogP contribution < -0.4 is 4.74 Å². The van der Waals surface area contributed by atoms with Gasteiger partial charge in [-0.2, -0.15) is 0 Å². The standard InChI is InChI=1S/C16H16O4/c1-19-16(18)13-6-8-14(9-7-13)20-15-5-3-2-4-12(15)10-11-17/h2-9,17H,10-11H2,1H3. The molecule has 0 amide bonds. The van der Waals surface area contributed by atoms with E-state index in [0.29, 0.717) is 23.5 Å². The van der Waals surface area contributed by atoms with E-state index in [0.717, 1.165) is 5.56 Å². The minimum atomic E-state index is -0.378. The summed E-state index contributed by atoms with van der Waals surface area (Å²) in [6.07, 6.45) is 0.538.